The SMILES string of the molecule is CCNc1c(C(=O)Nc2ncccn2)cccc1[N+](=O)[O-]. The fraction of sp³-hybridized carbons (Fsp3) is 0.154. The molecule has 0 spiro atoms. The summed E-state index contributed by atoms with van der Waals surface area (Å²) in [6.45, 7) is 2.24. The summed E-state index contributed by atoms with van der Waals surface area (Å²) in [5.74, 6) is -0.377. The van der Waals surface area contributed by atoms with Gasteiger partial charge in [0.15, 0.2) is 0 Å². The number of anilines is 2. The minimum absolute atomic E-state index is 0.136. The number of rotatable bonds is 5. The summed E-state index contributed by atoms with van der Waals surface area (Å²) < 4.78 is 0. The second-order valence-electron chi connectivity index (χ2n) is 4.01. The van der Waals surface area contributed by atoms with Gasteiger partial charge in [-0.3, -0.25) is 20.2 Å². The standard InChI is InChI=1S/C13H13N5O3/c1-2-14-11-9(5-3-6-10(11)18(20)21)12(19)17-13-15-7-4-8-16-13/h3-8,14H,2H2,1H3,(H,15,16,17,19). The molecule has 0 aliphatic rings. The summed E-state index contributed by atoms with van der Waals surface area (Å²) in [6, 6.07) is 5.92. The van der Waals surface area contributed by atoms with Crippen LogP contribution >= 0.6 is 0 Å². The Morgan fingerprint density at radius 1 is 1.29 bits per heavy atom. The number of hydrogen-bond donors (Lipinski definition) is 2. The average molecular weight is 287 g/mol. The van der Waals surface area contributed by atoms with Crippen molar-refractivity contribution >= 4 is 23.2 Å². The van der Waals surface area contributed by atoms with E-state index in [1.165, 1.54) is 30.6 Å². The Bertz CT molecular complexity index is 660. The minimum atomic E-state index is -0.534. The molecule has 8 heteroatoms. The maximum absolute atomic E-state index is 12.2. The van der Waals surface area contributed by atoms with E-state index >= 15 is 0 Å². The lowest BCUT2D eigenvalue weighted by Gasteiger charge is -2.10. The molecule has 108 valence electrons. The van der Waals surface area contributed by atoms with Crippen molar-refractivity contribution in [1.29, 1.82) is 0 Å². The third kappa shape index (κ3) is 3.30. The van der Waals surface area contributed by atoms with E-state index in [4.69, 9.17) is 0 Å². The number of nitrogens with one attached hydrogen (secondary N) is 2. The zero-order valence-corrected chi connectivity index (χ0v) is 11.2. The first kappa shape index (κ1) is 14.4. The topological polar surface area (TPSA) is 110 Å². The predicted octanol–water partition coefficient (Wildman–Crippen LogP) is 2.07. The molecule has 0 unspecified atom stereocenters. The number of hydrogen-bond acceptors (Lipinski definition) is 6. The fourth-order valence-electron chi connectivity index (χ4n) is 1.78. The van der Waals surface area contributed by atoms with Crippen LogP contribution in [-0.4, -0.2) is 27.3 Å². The van der Waals surface area contributed by atoms with Crippen molar-refractivity contribution in [3.63, 3.8) is 0 Å². The molecule has 0 aliphatic carbocycles. The van der Waals surface area contributed by atoms with E-state index < -0.39 is 10.8 Å². The largest absolute Gasteiger partial charge is 0.379 e. The van der Waals surface area contributed by atoms with Gasteiger partial charge >= 0.3 is 0 Å². The Morgan fingerprint density at radius 3 is 2.62 bits per heavy atom. The van der Waals surface area contributed by atoms with Gasteiger partial charge in [-0.15, -0.1) is 0 Å². The lowest BCUT2D eigenvalue weighted by atomic mass is 10.1. The summed E-state index contributed by atoms with van der Waals surface area (Å²) in [5, 5.41) is 16.4. The summed E-state index contributed by atoms with van der Waals surface area (Å²) in [5.41, 5.74) is 0.190. The Hall–Kier alpha value is -3.03. The number of nitrogens with zero attached hydrogens (tertiary/aromatic N) is 3. The molecule has 1 heterocycles. The number of carbonyl (C=O) groups excluding carboxylic acids is 1. The van der Waals surface area contributed by atoms with E-state index in [1.54, 1.807) is 13.0 Å². The highest BCUT2D eigenvalue weighted by Crippen LogP contribution is 2.28. The first-order chi connectivity index (χ1) is 10.1. The van der Waals surface area contributed by atoms with Gasteiger partial charge < -0.3 is 5.32 Å². The first-order valence-electron chi connectivity index (χ1n) is 6.23. The van der Waals surface area contributed by atoms with Crippen molar-refractivity contribution in [1.82, 2.24) is 9.97 Å². The number of benzene rings is 1. The van der Waals surface area contributed by atoms with Crippen molar-refractivity contribution in [2.24, 2.45) is 0 Å². The Kier molecular flexibility index (Phi) is 4.39. The van der Waals surface area contributed by atoms with E-state index in [0.717, 1.165) is 0 Å². The number of aromatic nitrogens is 2. The molecule has 0 atom stereocenters. The number of nitro benzene ring substituents is 1. The molecular formula is C13H13N5O3. The van der Waals surface area contributed by atoms with Gasteiger partial charge in [-0.25, -0.2) is 9.97 Å². The van der Waals surface area contributed by atoms with Gasteiger partial charge in [-0.05, 0) is 19.1 Å². The lowest BCUT2D eigenvalue weighted by molar-refractivity contribution is -0.384. The van der Waals surface area contributed by atoms with Crippen molar-refractivity contribution in [3.8, 4) is 0 Å². The predicted molar refractivity (Wildman–Crippen MR) is 77.2 cm³/mol. The normalized spacial score (nSPS) is 9.95. The van der Waals surface area contributed by atoms with E-state index in [9.17, 15) is 14.9 Å². The van der Waals surface area contributed by atoms with Crippen molar-refractivity contribution < 1.29 is 9.72 Å². The average Bonchev–Trinajstić information content (AvgIpc) is 2.48. The number of para-hydroxylation sites is 1. The van der Waals surface area contributed by atoms with Gasteiger partial charge in [0.1, 0.15) is 5.69 Å². The molecule has 2 aromatic rings. The highest BCUT2D eigenvalue weighted by Gasteiger charge is 2.21. The van der Waals surface area contributed by atoms with Crippen LogP contribution in [0.5, 0.6) is 0 Å². The molecule has 0 aliphatic heterocycles. The number of nitro groups is 1. The van der Waals surface area contributed by atoms with Crippen LogP contribution in [0.25, 0.3) is 0 Å². The minimum Gasteiger partial charge on any atom is -0.379 e. The molecule has 2 rings (SSSR count). The fourth-order valence-corrected chi connectivity index (χ4v) is 1.78. The maximum Gasteiger partial charge on any atom is 0.293 e. The summed E-state index contributed by atoms with van der Waals surface area (Å²) >= 11 is 0. The summed E-state index contributed by atoms with van der Waals surface area (Å²) in [7, 11) is 0. The molecule has 0 saturated heterocycles. The van der Waals surface area contributed by atoms with Crippen LogP contribution in [0.15, 0.2) is 36.7 Å². The molecule has 1 aromatic carbocycles. The number of carbonyl (C=O) groups is 1. The van der Waals surface area contributed by atoms with Crippen LogP contribution in [0.1, 0.15) is 17.3 Å². The Morgan fingerprint density at radius 2 is 2.00 bits per heavy atom. The van der Waals surface area contributed by atoms with Gasteiger partial charge in [0.05, 0.1) is 10.5 Å². The van der Waals surface area contributed by atoms with E-state index in [0.29, 0.717) is 6.54 Å². The molecule has 0 radical (unpaired) electrons. The van der Waals surface area contributed by atoms with Crippen LogP contribution in [0, 0.1) is 10.1 Å². The van der Waals surface area contributed by atoms with Crippen LogP contribution < -0.4 is 10.6 Å². The van der Waals surface area contributed by atoms with E-state index in [2.05, 4.69) is 20.6 Å². The zero-order chi connectivity index (χ0) is 15.2. The molecule has 2 N–H and O–H groups in total. The molecule has 1 aromatic heterocycles. The van der Waals surface area contributed by atoms with E-state index in [-0.39, 0.29) is 22.9 Å². The third-order valence-corrected chi connectivity index (χ3v) is 2.63. The van der Waals surface area contributed by atoms with Crippen LogP contribution in [0.4, 0.5) is 17.3 Å². The number of amides is 1. The highest BCUT2D eigenvalue weighted by atomic mass is 16.6. The molecule has 1 amide bonds. The Labute approximate surface area is 120 Å². The third-order valence-electron chi connectivity index (χ3n) is 2.63. The first-order valence-corrected chi connectivity index (χ1v) is 6.23. The van der Waals surface area contributed by atoms with Crippen molar-refractivity contribution in [3.05, 3.63) is 52.3 Å². The molecule has 0 saturated carbocycles. The molecular weight excluding hydrogens is 274 g/mol. The van der Waals surface area contributed by atoms with Crippen LogP contribution in [-0.2, 0) is 0 Å². The van der Waals surface area contributed by atoms with Gasteiger partial charge in [-0.2, -0.15) is 0 Å². The monoisotopic (exact) mass is 287 g/mol. The zero-order valence-electron chi connectivity index (χ0n) is 11.2. The summed E-state index contributed by atoms with van der Waals surface area (Å²) in [4.78, 5) is 30.5. The molecule has 21 heavy (non-hydrogen) atoms. The lowest BCUT2D eigenvalue weighted by Crippen LogP contribution is -2.17. The second-order valence-corrected chi connectivity index (χ2v) is 4.01. The van der Waals surface area contributed by atoms with Gasteiger partial charge in [-0.1, -0.05) is 6.07 Å². The molecule has 0 fully saturated rings. The van der Waals surface area contributed by atoms with Crippen molar-refractivity contribution in [2.45, 2.75) is 6.92 Å². The Balaban J connectivity index is 2.36. The second kappa shape index (κ2) is 6.42. The van der Waals surface area contributed by atoms with Gasteiger partial charge in [0.25, 0.3) is 11.6 Å². The van der Waals surface area contributed by atoms with Crippen molar-refractivity contribution in [2.75, 3.05) is 17.2 Å². The summed E-state index contributed by atoms with van der Waals surface area (Å²) in [6.07, 6.45) is 2.97. The van der Waals surface area contributed by atoms with E-state index in [1.807, 2.05) is 0 Å². The maximum atomic E-state index is 12.2. The highest BCUT2D eigenvalue weighted by molar-refractivity contribution is 6.08. The quantitative estimate of drug-likeness (QED) is 0.643. The molecule has 8 nitrogen and oxygen atoms in total. The van der Waals surface area contributed by atoms with Gasteiger partial charge in [0.2, 0.25) is 5.95 Å². The smallest absolute Gasteiger partial charge is 0.293 e. The van der Waals surface area contributed by atoms with Crippen LogP contribution in [0.3, 0.4) is 0 Å². The molecule has 0 bridgehead atoms. The van der Waals surface area contributed by atoms with Crippen LogP contribution in [0.2, 0.25) is 0 Å². The van der Waals surface area contributed by atoms with Gasteiger partial charge in [0, 0.05) is 25.0 Å².